The maximum absolute atomic E-state index is 10.6. The molecule has 0 fully saturated rings. The van der Waals surface area contributed by atoms with E-state index in [1.54, 1.807) is 0 Å². The molecule has 0 saturated heterocycles. The normalized spacial score (nSPS) is 12.4. The fraction of sp³-hybridized carbons (Fsp3) is 0.462. The van der Waals surface area contributed by atoms with E-state index in [9.17, 15) is 4.79 Å². The average molecular weight is 225 g/mol. The molecule has 0 aromatic heterocycles. The van der Waals surface area contributed by atoms with Gasteiger partial charge in [0, 0.05) is 10.9 Å². The van der Waals surface area contributed by atoms with Crippen LogP contribution in [0.15, 0.2) is 24.3 Å². The Hall–Kier alpha value is -0.820. The standard InChI is InChI=1S/C13H17ClO/c1-2-11(10-15)4-3-5-12-6-8-13(14)9-7-12/h6-11H,2-5H2,1H3. The molecule has 1 rings (SSSR count). The zero-order chi connectivity index (χ0) is 11.1. The fourth-order valence-corrected chi connectivity index (χ4v) is 1.71. The van der Waals surface area contributed by atoms with Gasteiger partial charge in [-0.15, -0.1) is 0 Å². The number of carbonyl (C=O) groups is 1. The van der Waals surface area contributed by atoms with Crippen molar-refractivity contribution in [2.45, 2.75) is 32.6 Å². The van der Waals surface area contributed by atoms with Gasteiger partial charge in [0.1, 0.15) is 6.29 Å². The summed E-state index contributed by atoms with van der Waals surface area (Å²) < 4.78 is 0. The van der Waals surface area contributed by atoms with Crippen LogP contribution in [0.1, 0.15) is 31.7 Å². The molecule has 0 heterocycles. The lowest BCUT2D eigenvalue weighted by atomic mass is 9.99. The van der Waals surface area contributed by atoms with Gasteiger partial charge in [0.05, 0.1) is 0 Å². The summed E-state index contributed by atoms with van der Waals surface area (Å²) in [6.45, 7) is 2.06. The first-order chi connectivity index (χ1) is 7.26. The summed E-state index contributed by atoms with van der Waals surface area (Å²) in [4.78, 5) is 10.6. The van der Waals surface area contributed by atoms with Crippen molar-refractivity contribution in [1.82, 2.24) is 0 Å². The van der Waals surface area contributed by atoms with Crippen molar-refractivity contribution in [3.63, 3.8) is 0 Å². The Morgan fingerprint density at radius 2 is 2.00 bits per heavy atom. The quantitative estimate of drug-likeness (QED) is 0.670. The SMILES string of the molecule is CCC(C=O)CCCc1ccc(Cl)cc1. The number of halogens is 1. The van der Waals surface area contributed by atoms with Gasteiger partial charge < -0.3 is 4.79 Å². The van der Waals surface area contributed by atoms with Gasteiger partial charge in [-0.3, -0.25) is 0 Å². The Balaban J connectivity index is 2.31. The third-order valence-corrected chi connectivity index (χ3v) is 2.92. The summed E-state index contributed by atoms with van der Waals surface area (Å²) in [5, 5.41) is 0.776. The fourth-order valence-electron chi connectivity index (χ4n) is 1.59. The number of rotatable bonds is 6. The molecule has 1 nitrogen and oxygen atoms in total. The van der Waals surface area contributed by atoms with Gasteiger partial charge in [-0.1, -0.05) is 30.7 Å². The van der Waals surface area contributed by atoms with Crippen LogP contribution in [0.5, 0.6) is 0 Å². The van der Waals surface area contributed by atoms with Gasteiger partial charge >= 0.3 is 0 Å². The number of hydrogen-bond acceptors (Lipinski definition) is 1. The van der Waals surface area contributed by atoms with Crippen LogP contribution in [0.4, 0.5) is 0 Å². The van der Waals surface area contributed by atoms with E-state index in [2.05, 4.69) is 6.92 Å². The van der Waals surface area contributed by atoms with E-state index >= 15 is 0 Å². The molecular weight excluding hydrogens is 208 g/mol. The Labute approximate surface area is 96.5 Å². The van der Waals surface area contributed by atoms with E-state index in [1.807, 2.05) is 24.3 Å². The van der Waals surface area contributed by atoms with Crippen molar-refractivity contribution < 1.29 is 4.79 Å². The van der Waals surface area contributed by atoms with E-state index in [0.29, 0.717) is 0 Å². The van der Waals surface area contributed by atoms with Gasteiger partial charge in [-0.2, -0.15) is 0 Å². The molecule has 0 bridgehead atoms. The molecule has 82 valence electrons. The van der Waals surface area contributed by atoms with E-state index < -0.39 is 0 Å². The molecule has 15 heavy (non-hydrogen) atoms. The second-order valence-corrected chi connectivity index (χ2v) is 4.26. The molecule has 0 N–H and O–H groups in total. The van der Waals surface area contributed by atoms with Crippen molar-refractivity contribution >= 4 is 17.9 Å². The third-order valence-electron chi connectivity index (χ3n) is 2.67. The van der Waals surface area contributed by atoms with E-state index in [4.69, 9.17) is 11.6 Å². The van der Waals surface area contributed by atoms with Crippen molar-refractivity contribution in [2.24, 2.45) is 5.92 Å². The molecule has 1 aromatic rings. The van der Waals surface area contributed by atoms with Crippen LogP contribution < -0.4 is 0 Å². The lowest BCUT2D eigenvalue weighted by Crippen LogP contribution is -2.00. The van der Waals surface area contributed by atoms with Crippen LogP contribution in [-0.2, 0) is 11.2 Å². The van der Waals surface area contributed by atoms with Crippen molar-refractivity contribution in [3.8, 4) is 0 Å². The number of aldehydes is 1. The summed E-state index contributed by atoms with van der Waals surface area (Å²) in [7, 11) is 0. The Morgan fingerprint density at radius 1 is 1.33 bits per heavy atom. The predicted molar refractivity (Wildman–Crippen MR) is 64.2 cm³/mol. The molecule has 0 amide bonds. The van der Waals surface area contributed by atoms with Gasteiger partial charge in [-0.25, -0.2) is 0 Å². The highest BCUT2D eigenvalue weighted by atomic mass is 35.5. The summed E-state index contributed by atoms with van der Waals surface area (Å²) in [6, 6.07) is 7.91. The Morgan fingerprint density at radius 3 is 2.53 bits per heavy atom. The molecule has 1 unspecified atom stereocenters. The minimum atomic E-state index is 0.234. The Kier molecular flexibility index (Phi) is 5.41. The molecule has 0 saturated carbocycles. The van der Waals surface area contributed by atoms with Crippen LogP contribution in [0.3, 0.4) is 0 Å². The lowest BCUT2D eigenvalue weighted by molar-refractivity contribution is -0.111. The van der Waals surface area contributed by atoms with E-state index in [-0.39, 0.29) is 5.92 Å². The number of aryl methyl sites for hydroxylation is 1. The van der Waals surface area contributed by atoms with Crippen molar-refractivity contribution in [2.75, 3.05) is 0 Å². The highest BCUT2D eigenvalue weighted by molar-refractivity contribution is 6.30. The zero-order valence-electron chi connectivity index (χ0n) is 9.08. The van der Waals surface area contributed by atoms with Crippen molar-refractivity contribution in [3.05, 3.63) is 34.9 Å². The van der Waals surface area contributed by atoms with Gasteiger partial charge in [-0.05, 0) is 43.4 Å². The molecule has 2 heteroatoms. The minimum Gasteiger partial charge on any atom is -0.303 e. The Bertz CT molecular complexity index is 292. The smallest absolute Gasteiger partial charge is 0.123 e. The maximum atomic E-state index is 10.6. The molecular formula is C13H17ClO. The van der Waals surface area contributed by atoms with E-state index in [1.165, 1.54) is 5.56 Å². The topological polar surface area (TPSA) is 17.1 Å². The van der Waals surface area contributed by atoms with Gasteiger partial charge in [0.2, 0.25) is 0 Å². The highest BCUT2D eigenvalue weighted by Crippen LogP contribution is 2.14. The first-order valence-electron chi connectivity index (χ1n) is 5.46. The van der Waals surface area contributed by atoms with Gasteiger partial charge in [0.15, 0.2) is 0 Å². The summed E-state index contributed by atoms with van der Waals surface area (Å²) in [5.41, 5.74) is 1.29. The largest absolute Gasteiger partial charge is 0.303 e. The highest BCUT2D eigenvalue weighted by Gasteiger charge is 2.03. The first kappa shape index (κ1) is 12.3. The monoisotopic (exact) mass is 224 g/mol. The van der Waals surface area contributed by atoms with Crippen molar-refractivity contribution in [1.29, 1.82) is 0 Å². The van der Waals surface area contributed by atoms with Gasteiger partial charge in [0.25, 0.3) is 0 Å². The van der Waals surface area contributed by atoms with Crippen LogP contribution in [-0.4, -0.2) is 6.29 Å². The number of carbonyl (C=O) groups excluding carboxylic acids is 1. The number of benzene rings is 1. The summed E-state index contributed by atoms with van der Waals surface area (Å²) in [5.74, 6) is 0.234. The molecule has 1 aromatic carbocycles. The zero-order valence-corrected chi connectivity index (χ0v) is 9.83. The van der Waals surface area contributed by atoms with Crippen LogP contribution in [0.25, 0.3) is 0 Å². The van der Waals surface area contributed by atoms with Crippen LogP contribution in [0, 0.1) is 5.92 Å². The van der Waals surface area contributed by atoms with E-state index in [0.717, 1.165) is 37.0 Å². The predicted octanol–water partition coefficient (Wildman–Crippen LogP) is 3.89. The molecule has 0 aliphatic rings. The first-order valence-corrected chi connectivity index (χ1v) is 5.83. The summed E-state index contributed by atoms with van der Waals surface area (Å²) >= 11 is 5.79. The maximum Gasteiger partial charge on any atom is 0.123 e. The lowest BCUT2D eigenvalue weighted by Gasteiger charge is -2.06. The average Bonchev–Trinajstić information content (AvgIpc) is 2.27. The number of hydrogen-bond donors (Lipinski definition) is 0. The molecule has 0 radical (unpaired) electrons. The molecule has 0 spiro atoms. The second kappa shape index (κ2) is 6.62. The second-order valence-electron chi connectivity index (χ2n) is 3.82. The van der Waals surface area contributed by atoms with Crippen LogP contribution in [0.2, 0.25) is 5.02 Å². The molecule has 0 aliphatic carbocycles. The molecule has 1 atom stereocenters. The molecule has 0 aliphatic heterocycles. The minimum absolute atomic E-state index is 0.234. The summed E-state index contributed by atoms with van der Waals surface area (Å²) in [6.07, 6.45) is 5.11. The third kappa shape index (κ3) is 4.48. The van der Waals surface area contributed by atoms with Crippen LogP contribution >= 0.6 is 11.6 Å².